The van der Waals surface area contributed by atoms with Crippen LogP contribution < -0.4 is 10.1 Å². The van der Waals surface area contributed by atoms with E-state index >= 15 is 0 Å². The largest absolute Gasteiger partial charge is 0.487 e. The number of anilines is 1. The van der Waals surface area contributed by atoms with Crippen molar-refractivity contribution in [2.45, 2.75) is 19.4 Å². The quantitative estimate of drug-likeness (QED) is 0.497. The number of hydrogen-bond donors (Lipinski definition) is 1. The van der Waals surface area contributed by atoms with Gasteiger partial charge in [0, 0.05) is 42.3 Å². The lowest BCUT2D eigenvalue weighted by atomic mass is 10.1. The van der Waals surface area contributed by atoms with E-state index in [1.165, 1.54) is 0 Å². The summed E-state index contributed by atoms with van der Waals surface area (Å²) in [7, 11) is 1.96. The number of para-hydroxylation sites is 1. The summed E-state index contributed by atoms with van der Waals surface area (Å²) in [5.74, 6) is 1.09. The van der Waals surface area contributed by atoms with E-state index < -0.39 is 13.0 Å². The highest BCUT2D eigenvalue weighted by Crippen LogP contribution is 2.29. The van der Waals surface area contributed by atoms with Crippen LogP contribution >= 0.6 is 0 Å². The smallest absolute Gasteiger partial charge is 0.272 e. The summed E-state index contributed by atoms with van der Waals surface area (Å²) in [5, 5.41) is 7.69. The number of aromatic nitrogens is 4. The van der Waals surface area contributed by atoms with Crippen LogP contribution in [0.1, 0.15) is 18.5 Å². The van der Waals surface area contributed by atoms with Gasteiger partial charge in [0.2, 0.25) is 0 Å². The van der Waals surface area contributed by atoms with E-state index in [2.05, 4.69) is 10.4 Å². The fourth-order valence-corrected chi connectivity index (χ4v) is 3.24. The number of rotatable bonds is 7. The molecule has 29 heavy (non-hydrogen) atoms. The number of ether oxygens (including phenoxy) is 1. The number of nitrogens with zero attached hydrogens (tertiary/aromatic N) is 4. The first-order valence-electron chi connectivity index (χ1n) is 9.24. The normalized spacial score (nSPS) is 12.4. The van der Waals surface area contributed by atoms with Crippen LogP contribution in [0.5, 0.6) is 5.75 Å². The van der Waals surface area contributed by atoms with Crippen molar-refractivity contribution in [3.8, 4) is 16.9 Å². The highest BCUT2D eigenvalue weighted by Gasteiger charge is 2.15. The fraction of sp³-hybridized carbons (Fsp3) is 0.238. The van der Waals surface area contributed by atoms with Crippen molar-refractivity contribution in [1.29, 1.82) is 0 Å². The molecule has 0 saturated heterocycles. The predicted octanol–water partition coefficient (Wildman–Crippen LogP) is 4.55. The van der Waals surface area contributed by atoms with Gasteiger partial charge < -0.3 is 14.6 Å². The maximum absolute atomic E-state index is 12.5. The number of hydrogen-bond acceptors (Lipinski definition) is 4. The lowest BCUT2D eigenvalue weighted by Gasteiger charge is -2.19. The Labute approximate surface area is 166 Å². The Bertz CT molecular complexity index is 1120. The van der Waals surface area contributed by atoms with Crippen LogP contribution in [0, 0.1) is 0 Å². The first-order valence-corrected chi connectivity index (χ1v) is 9.24. The van der Waals surface area contributed by atoms with Gasteiger partial charge >= 0.3 is 0 Å². The van der Waals surface area contributed by atoms with Gasteiger partial charge in [0.25, 0.3) is 6.43 Å². The summed E-state index contributed by atoms with van der Waals surface area (Å²) in [4.78, 5) is 4.71. The highest BCUT2D eigenvalue weighted by molar-refractivity contribution is 5.77. The Hall–Kier alpha value is -3.42. The van der Waals surface area contributed by atoms with Crippen LogP contribution in [0.25, 0.3) is 16.8 Å². The molecule has 4 rings (SSSR count). The second-order valence-electron chi connectivity index (χ2n) is 6.81. The summed E-state index contributed by atoms with van der Waals surface area (Å²) >= 11 is 0. The molecule has 0 bridgehead atoms. The highest BCUT2D eigenvalue weighted by atomic mass is 19.3. The third-order valence-corrected chi connectivity index (χ3v) is 4.63. The minimum Gasteiger partial charge on any atom is -0.487 e. The molecule has 0 aliphatic rings. The van der Waals surface area contributed by atoms with Gasteiger partial charge in [-0.1, -0.05) is 18.2 Å². The zero-order valence-electron chi connectivity index (χ0n) is 16.1. The molecule has 1 unspecified atom stereocenters. The molecule has 3 heterocycles. The van der Waals surface area contributed by atoms with Crippen molar-refractivity contribution >= 4 is 11.5 Å². The van der Waals surface area contributed by atoms with E-state index in [0.29, 0.717) is 11.6 Å². The van der Waals surface area contributed by atoms with Gasteiger partial charge in [-0.25, -0.2) is 18.3 Å². The summed E-state index contributed by atoms with van der Waals surface area (Å²) < 4.78 is 34.0. The minimum atomic E-state index is -2.52. The molecule has 0 aliphatic carbocycles. The van der Waals surface area contributed by atoms with Crippen molar-refractivity contribution in [2.75, 3.05) is 11.9 Å². The monoisotopic (exact) mass is 397 g/mol. The second kappa shape index (κ2) is 7.90. The molecule has 3 aromatic heterocycles. The SMILES string of the molecule is CC(Nc1ccn2ncc(-c3ccn(C)c3)c2n1)c1ccccc1OCC(F)F. The lowest BCUT2D eigenvalue weighted by molar-refractivity contribution is 0.0813. The van der Waals surface area contributed by atoms with E-state index in [0.717, 1.165) is 22.3 Å². The maximum atomic E-state index is 12.5. The third kappa shape index (κ3) is 4.06. The Morgan fingerprint density at radius 3 is 2.72 bits per heavy atom. The van der Waals surface area contributed by atoms with E-state index in [-0.39, 0.29) is 6.04 Å². The van der Waals surface area contributed by atoms with Gasteiger partial charge in [-0.15, -0.1) is 0 Å². The number of halogens is 2. The molecule has 1 N–H and O–H groups in total. The van der Waals surface area contributed by atoms with Crippen LogP contribution in [0.2, 0.25) is 0 Å². The molecular weight excluding hydrogens is 376 g/mol. The topological polar surface area (TPSA) is 56.4 Å². The van der Waals surface area contributed by atoms with E-state index in [1.54, 1.807) is 22.8 Å². The molecular formula is C21H21F2N5O. The van der Waals surface area contributed by atoms with Gasteiger partial charge in [-0.2, -0.15) is 5.10 Å². The summed E-state index contributed by atoms with van der Waals surface area (Å²) in [5.41, 5.74) is 3.48. The molecule has 1 atom stereocenters. The molecule has 8 heteroatoms. The number of aryl methyl sites for hydroxylation is 1. The predicted molar refractivity (Wildman–Crippen MR) is 107 cm³/mol. The molecule has 0 radical (unpaired) electrons. The Morgan fingerprint density at radius 2 is 1.97 bits per heavy atom. The third-order valence-electron chi connectivity index (χ3n) is 4.63. The van der Waals surface area contributed by atoms with Gasteiger partial charge in [0.1, 0.15) is 18.2 Å². The standard InChI is InChI=1S/C21H21F2N5O/c1-14(16-5-3-4-6-18(16)29-13-19(22)23)25-20-8-10-28-21(26-20)17(11-24-28)15-7-9-27(2)12-15/h3-12,14,19H,13H2,1-2H3,(H,25,26). The van der Waals surface area contributed by atoms with Gasteiger partial charge in [-0.05, 0) is 25.1 Å². The molecule has 6 nitrogen and oxygen atoms in total. The second-order valence-corrected chi connectivity index (χ2v) is 6.81. The first-order chi connectivity index (χ1) is 14.0. The molecule has 4 aromatic rings. The van der Waals surface area contributed by atoms with Crippen molar-refractivity contribution in [3.63, 3.8) is 0 Å². The number of nitrogens with one attached hydrogen (secondary N) is 1. The molecule has 0 amide bonds. The van der Waals surface area contributed by atoms with Gasteiger partial charge in [0.15, 0.2) is 5.65 Å². The Balaban J connectivity index is 1.60. The lowest BCUT2D eigenvalue weighted by Crippen LogP contribution is -2.13. The minimum absolute atomic E-state index is 0.193. The number of alkyl halides is 2. The van der Waals surface area contributed by atoms with Crippen molar-refractivity contribution in [2.24, 2.45) is 7.05 Å². The fourth-order valence-electron chi connectivity index (χ4n) is 3.24. The summed E-state index contributed by atoms with van der Waals surface area (Å²) in [6.07, 6.45) is 5.09. The average molecular weight is 397 g/mol. The van der Waals surface area contributed by atoms with E-state index in [4.69, 9.17) is 9.72 Å². The average Bonchev–Trinajstić information content (AvgIpc) is 3.32. The van der Waals surface area contributed by atoms with Gasteiger partial charge in [-0.3, -0.25) is 0 Å². The van der Waals surface area contributed by atoms with Crippen molar-refractivity contribution in [1.82, 2.24) is 19.2 Å². The molecule has 0 saturated carbocycles. The number of benzene rings is 1. The van der Waals surface area contributed by atoms with E-state index in [1.807, 2.05) is 61.4 Å². The van der Waals surface area contributed by atoms with Crippen molar-refractivity contribution in [3.05, 3.63) is 66.7 Å². The molecule has 1 aromatic carbocycles. The zero-order valence-corrected chi connectivity index (χ0v) is 16.1. The first kappa shape index (κ1) is 18.9. The summed E-state index contributed by atoms with van der Waals surface area (Å²) in [6, 6.07) is 10.8. The molecule has 150 valence electrons. The van der Waals surface area contributed by atoms with Crippen LogP contribution in [-0.4, -0.2) is 32.2 Å². The van der Waals surface area contributed by atoms with Gasteiger partial charge in [0.05, 0.1) is 12.2 Å². The van der Waals surface area contributed by atoms with E-state index in [9.17, 15) is 8.78 Å². The Morgan fingerprint density at radius 1 is 1.14 bits per heavy atom. The molecule has 0 fully saturated rings. The van der Waals surface area contributed by atoms with Crippen LogP contribution in [0.4, 0.5) is 14.6 Å². The maximum Gasteiger partial charge on any atom is 0.272 e. The van der Waals surface area contributed by atoms with Crippen LogP contribution in [0.15, 0.2) is 61.2 Å². The van der Waals surface area contributed by atoms with Crippen molar-refractivity contribution < 1.29 is 13.5 Å². The van der Waals surface area contributed by atoms with Crippen LogP contribution in [-0.2, 0) is 7.05 Å². The summed E-state index contributed by atoms with van der Waals surface area (Å²) in [6.45, 7) is 1.30. The molecule has 0 spiro atoms. The zero-order chi connectivity index (χ0) is 20.4. The molecule has 0 aliphatic heterocycles. The number of fused-ring (bicyclic) bond motifs is 1. The van der Waals surface area contributed by atoms with Crippen LogP contribution in [0.3, 0.4) is 0 Å². The Kier molecular flexibility index (Phi) is 5.16.